The van der Waals surface area contributed by atoms with Crippen LogP contribution in [-0.4, -0.2) is 34.1 Å². The first-order valence-corrected chi connectivity index (χ1v) is 9.41. The van der Waals surface area contributed by atoms with E-state index < -0.39 is 0 Å². The molecule has 28 heavy (non-hydrogen) atoms. The average Bonchev–Trinajstić information content (AvgIpc) is 3.20. The molecule has 0 bridgehead atoms. The zero-order valence-electron chi connectivity index (χ0n) is 15.3. The van der Waals surface area contributed by atoms with Gasteiger partial charge in [-0.3, -0.25) is 4.79 Å². The van der Waals surface area contributed by atoms with E-state index in [0.717, 1.165) is 28.6 Å². The van der Waals surface area contributed by atoms with Crippen LogP contribution in [0.5, 0.6) is 0 Å². The summed E-state index contributed by atoms with van der Waals surface area (Å²) in [6.07, 6.45) is 4.39. The summed E-state index contributed by atoms with van der Waals surface area (Å²) in [5.74, 6) is 5.13. The van der Waals surface area contributed by atoms with E-state index in [2.05, 4.69) is 37.8 Å². The van der Waals surface area contributed by atoms with E-state index in [1.165, 1.54) is 0 Å². The number of benzene rings is 1. The van der Waals surface area contributed by atoms with Gasteiger partial charge in [-0.25, -0.2) is 4.98 Å². The number of H-pyrrole nitrogens is 1. The lowest BCUT2D eigenvalue weighted by molar-refractivity contribution is -0.115. The van der Waals surface area contributed by atoms with Crippen LogP contribution in [-0.2, 0) is 11.3 Å². The predicted octanol–water partition coefficient (Wildman–Crippen LogP) is 2.08. The van der Waals surface area contributed by atoms with Gasteiger partial charge in [0.25, 0.3) is 5.91 Å². The van der Waals surface area contributed by atoms with E-state index >= 15 is 0 Å². The summed E-state index contributed by atoms with van der Waals surface area (Å²) < 4.78 is 0. The zero-order chi connectivity index (χ0) is 19.6. The third-order valence-corrected chi connectivity index (χ3v) is 4.30. The highest BCUT2D eigenvalue weighted by atomic mass is 32.1. The van der Waals surface area contributed by atoms with Crippen molar-refractivity contribution in [1.29, 1.82) is 0 Å². The van der Waals surface area contributed by atoms with E-state index in [0.29, 0.717) is 24.7 Å². The fourth-order valence-electron chi connectivity index (χ4n) is 2.60. The normalized spacial score (nSPS) is 10.0. The molecule has 2 aromatic heterocycles. The molecule has 0 aliphatic carbocycles. The summed E-state index contributed by atoms with van der Waals surface area (Å²) in [5, 5.41) is 10.8. The molecule has 0 unspecified atom stereocenters. The summed E-state index contributed by atoms with van der Waals surface area (Å²) >= 11 is 5.30. The van der Waals surface area contributed by atoms with Gasteiger partial charge in [-0.1, -0.05) is 24.1 Å². The second kappa shape index (κ2) is 10.1. The number of hydrogen-bond donors (Lipinski definition) is 4. The van der Waals surface area contributed by atoms with Crippen LogP contribution in [0.25, 0.3) is 11.0 Å². The molecular formula is C21H21N5OS. The van der Waals surface area contributed by atoms with E-state index in [9.17, 15) is 4.79 Å². The second-order valence-electron chi connectivity index (χ2n) is 6.04. The number of thiocarbonyl (C=S) groups is 1. The highest BCUT2D eigenvalue weighted by Gasteiger charge is 2.03. The molecule has 0 saturated carbocycles. The smallest absolute Gasteiger partial charge is 0.296 e. The van der Waals surface area contributed by atoms with Gasteiger partial charge >= 0.3 is 0 Å². The van der Waals surface area contributed by atoms with Gasteiger partial charge in [0.05, 0.1) is 0 Å². The Morgan fingerprint density at radius 1 is 1.07 bits per heavy atom. The standard InChI is InChI=1S/C21H21N5OS/c27-19(8-7-16-5-2-1-3-6-16)22-11-4-12-25-21(28)26-15-17-9-13-23-20-18(17)10-14-24-20/h1-3,5-6,9-10,13-14H,4,11-12,15H2,(H,22,27)(H,23,24)(H2,25,26,28). The van der Waals surface area contributed by atoms with Crippen LogP contribution in [0.15, 0.2) is 54.9 Å². The number of nitrogens with one attached hydrogen (secondary N) is 4. The molecule has 2 heterocycles. The van der Waals surface area contributed by atoms with Crippen LogP contribution in [0.4, 0.5) is 0 Å². The molecule has 0 radical (unpaired) electrons. The molecule has 4 N–H and O–H groups in total. The zero-order valence-corrected chi connectivity index (χ0v) is 16.1. The van der Waals surface area contributed by atoms with Gasteiger partial charge in [0.2, 0.25) is 0 Å². The number of pyridine rings is 1. The SMILES string of the molecule is O=C(C#Cc1ccccc1)NCCCNC(=S)NCc1ccnc2[nH]ccc12. The molecule has 0 aliphatic rings. The van der Waals surface area contributed by atoms with Crippen molar-refractivity contribution in [1.82, 2.24) is 25.9 Å². The molecule has 0 spiro atoms. The lowest BCUT2D eigenvalue weighted by Gasteiger charge is -2.11. The Balaban J connectivity index is 1.31. The maximum atomic E-state index is 11.7. The number of aromatic amines is 1. The van der Waals surface area contributed by atoms with Crippen LogP contribution < -0.4 is 16.0 Å². The number of fused-ring (bicyclic) bond motifs is 1. The molecule has 0 saturated heterocycles. The molecule has 0 atom stereocenters. The quantitative estimate of drug-likeness (QED) is 0.294. The fraction of sp³-hybridized carbons (Fsp3) is 0.190. The van der Waals surface area contributed by atoms with E-state index in [4.69, 9.17) is 12.2 Å². The van der Waals surface area contributed by atoms with Crippen molar-refractivity contribution >= 4 is 34.3 Å². The number of amides is 1. The van der Waals surface area contributed by atoms with Crippen molar-refractivity contribution in [3.63, 3.8) is 0 Å². The molecule has 7 heteroatoms. The molecule has 6 nitrogen and oxygen atoms in total. The van der Waals surface area contributed by atoms with Gasteiger partial charge in [0, 0.05) is 48.9 Å². The summed E-state index contributed by atoms with van der Waals surface area (Å²) in [4.78, 5) is 19.1. The van der Waals surface area contributed by atoms with Gasteiger partial charge in [-0.2, -0.15) is 0 Å². The average molecular weight is 392 g/mol. The van der Waals surface area contributed by atoms with Gasteiger partial charge in [0.1, 0.15) is 5.65 Å². The molecule has 0 aliphatic heterocycles. The molecular weight excluding hydrogens is 370 g/mol. The highest BCUT2D eigenvalue weighted by molar-refractivity contribution is 7.80. The van der Waals surface area contributed by atoms with Crippen LogP contribution >= 0.6 is 12.2 Å². The lowest BCUT2D eigenvalue weighted by atomic mass is 10.2. The minimum atomic E-state index is -0.280. The number of hydrogen-bond acceptors (Lipinski definition) is 3. The Morgan fingerprint density at radius 2 is 1.89 bits per heavy atom. The maximum Gasteiger partial charge on any atom is 0.296 e. The van der Waals surface area contributed by atoms with E-state index in [1.807, 2.05) is 48.7 Å². The molecule has 0 fully saturated rings. The Bertz CT molecular complexity index is 1000. The second-order valence-corrected chi connectivity index (χ2v) is 6.45. The Kier molecular flexibility index (Phi) is 6.99. The number of carbonyl (C=O) groups excluding carboxylic acids is 1. The van der Waals surface area contributed by atoms with Crippen molar-refractivity contribution in [2.24, 2.45) is 0 Å². The lowest BCUT2D eigenvalue weighted by Crippen LogP contribution is -2.36. The first-order valence-electron chi connectivity index (χ1n) is 9.00. The predicted molar refractivity (Wildman–Crippen MR) is 114 cm³/mol. The van der Waals surface area contributed by atoms with Gasteiger partial charge in [-0.15, -0.1) is 0 Å². The van der Waals surface area contributed by atoms with Gasteiger partial charge in [0.15, 0.2) is 5.11 Å². The molecule has 1 amide bonds. The van der Waals surface area contributed by atoms with Crippen LogP contribution in [0.2, 0.25) is 0 Å². The largest absolute Gasteiger partial charge is 0.363 e. The van der Waals surface area contributed by atoms with Crippen molar-refractivity contribution in [3.8, 4) is 11.8 Å². The molecule has 3 aromatic rings. The van der Waals surface area contributed by atoms with Crippen molar-refractivity contribution < 1.29 is 4.79 Å². The first kappa shape index (κ1) is 19.4. The monoisotopic (exact) mass is 391 g/mol. The number of aromatic nitrogens is 2. The van der Waals surface area contributed by atoms with Crippen molar-refractivity contribution in [2.75, 3.05) is 13.1 Å². The maximum absolute atomic E-state index is 11.7. The summed E-state index contributed by atoms with van der Waals surface area (Å²) in [5.41, 5.74) is 2.81. The third kappa shape index (κ3) is 5.83. The minimum Gasteiger partial charge on any atom is -0.363 e. The van der Waals surface area contributed by atoms with E-state index in [1.54, 1.807) is 6.20 Å². The molecule has 1 aromatic carbocycles. The van der Waals surface area contributed by atoms with Crippen LogP contribution in [0.1, 0.15) is 17.5 Å². The minimum absolute atomic E-state index is 0.280. The number of nitrogens with zero attached hydrogens (tertiary/aromatic N) is 1. The highest BCUT2D eigenvalue weighted by Crippen LogP contribution is 2.14. The molecule has 3 rings (SSSR count). The van der Waals surface area contributed by atoms with Crippen molar-refractivity contribution in [2.45, 2.75) is 13.0 Å². The Labute approximate surface area is 169 Å². The third-order valence-electron chi connectivity index (χ3n) is 4.01. The Morgan fingerprint density at radius 3 is 2.75 bits per heavy atom. The van der Waals surface area contributed by atoms with Crippen molar-refractivity contribution in [3.05, 3.63) is 66.0 Å². The number of rotatable bonds is 6. The first-order chi connectivity index (χ1) is 13.7. The summed E-state index contributed by atoms with van der Waals surface area (Å²) in [6, 6.07) is 13.4. The van der Waals surface area contributed by atoms with Gasteiger partial charge < -0.3 is 20.9 Å². The Hall–Kier alpha value is -3.37. The van der Waals surface area contributed by atoms with Crippen LogP contribution in [0, 0.1) is 11.8 Å². The van der Waals surface area contributed by atoms with Crippen LogP contribution in [0.3, 0.4) is 0 Å². The summed E-state index contributed by atoms with van der Waals surface area (Å²) in [7, 11) is 0. The van der Waals surface area contributed by atoms with Gasteiger partial charge in [-0.05, 0) is 48.5 Å². The summed E-state index contributed by atoms with van der Waals surface area (Å²) in [6.45, 7) is 1.81. The topological polar surface area (TPSA) is 81.8 Å². The van der Waals surface area contributed by atoms with E-state index in [-0.39, 0.29) is 5.91 Å². The number of carbonyl (C=O) groups is 1. The molecule has 142 valence electrons. The fourth-order valence-corrected chi connectivity index (χ4v) is 2.77.